The molecule has 1 fully saturated rings. The molecule has 1 heterocycles. The molecule has 2 rings (SSSR count). The number of carbonyl (C=O) groups excluding carboxylic acids is 1. The van der Waals surface area contributed by atoms with E-state index in [9.17, 15) is 13.2 Å². The zero-order valence-corrected chi connectivity index (χ0v) is 13.1. The van der Waals surface area contributed by atoms with Crippen LogP contribution in [-0.4, -0.2) is 56.8 Å². The molecule has 1 aromatic carbocycles. The van der Waals surface area contributed by atoms with Gasteiger partial charge in [-0.3, -0.25) is 4.79 Å². The van der Waals surface area contributed by atoms with Crippen LogP contribution in [0.15, 0.2) is 29.2 Å². The van der Waals surface area contributed by atoms with E-state index < -0.39 is 10.0 Å². The number of rotatable bonds is 3. The van der Waals surface area contributed by atoms with Gasteiger partial charge in [-0.05, 0) is 30.7 Å². The van der Waals surface area contributed by atoms with Crippen LogP contribution >= 0.6 is 0 Å². The van der Waals surface area contributed by atoms with Crippen molar-refractivity contribution in [2.45, 2.75) is 18.2 Å². The fraction of sp³-hybridized carbons (Fsp3) is 0.500. The minimum Gasteiger partial charge on any atom is -0.497 e. The predicted octanol–water partition coefficient (Wildman–Crippen LogP) is 0.938. The van der Waals surface area contributed by atoms with Crippen LogP contribution in [-0.2, 0) is 14.8 Å². The van der Waals surface area contributed by atoms with Gasteiger partial charge in [-0.2, -0.15) is 4.31 Å². The molecule has 1 aliphatic rings. The molecular weight excluding hydrogens is 292 g/mol. The minimum absolute atomic E-state index is 0.0151. The average Bonchev–Trinajstić information content (AvgIpc) is 2.73. The van der Waals surface area contributed by atoms with E-state index in [0.29, 0.717) is 38.3 Å². The molecule has 0 aliphatic carbocycles. The lowest BCUT2D eigenvalue weighted by molar-refractivity contribution is -0.128. The van der Waals surface area contributed by atoms with Gasteiger partial charge in [0.25, 0.3) is 0 Å². The molecule has 1 aromatic rings. The third-order valence-electron chi connectivity index (χ3n) is 3.60. The summed E-state index contributed by atoms with van der Waals surface area (Å²) in [6, 6.07) is 6.35. The van der Waals surface area contributed by atoms with Crippen LogP contribution in [0.1, 0.15) is 13.3 Å². The maximum absolute atomic E-state index is 12.6. The van der Waals surface area contributed by atoms with Crippen LogP contribution in [0.2, 0.25) is 0 Å². The topological polar surface area (TPSA) is 66.9 Å². The summed E-state index contributed by atoms with van der Waals surface area (Å²) in [6.07, 6.45) is 0.648. The molecule has 21 heavy (non-hydrogen) atoms. The Labute approximate surface area is 125 Å². The third-order valence-corrected chi connectivity index (χ3v) is 5.51. The molecule has 1 amide bonds. The van der Waals surface area contributed by atoms with Crippen molar-refractivity contribution in [3.8, 4) is 5.75 Å². The maximum Gasteiger partial charge on any atom is 0.243 e. The summed E-state index contributed by atoms with van der Waals surface area (Å²) in [4.78, 5) is 13.3. The molecule has 7 heteroatoms. The first-order valence-electron chi connectivity index (χ1n) is 6.85. The number of carbonyl (C=O) groups is 1. The van der Waals surface area contributed by atoms with Crippen molar-refractivity contribution < 1.29 is 17.9 Å². The normalized spacial score (nSPS) is 17.3. The Balaban J connectivity index is 2.16. The molecule has 0 bridgehead atoms. The van der Waals surface area contributed by atoms with Crippen LogP contribution < -0.4 is 4.74 Å². The Hall–Kier alpha value is -1.60. The molecule has 0 aromatic heterocycles. The van der Waals surface area contributed by atoms with Crippen LogP contribution in [0.3, 0.4) is 0 Å². The molecule has 0 radical (unpaired) electrons. The second kappa shape index (κ2) is 6.44. The Morgan fingerprint density at radius 1 is 1.10 bits per heavy atom. The van der Waals surface area contributed by atoms with Crippen LogP contribution in [0.4, 0.5) is 0 Å². The molecule has 0 atom stereocenters. The van der Waals surface area contributed by atoms with Gasteiger partial charge < -0.3 is 9.64 Å². The van der Waals surface area contributed by atoms with Gasteiger partial charge in [-0.15, -0.1) is 0 Å². The van der Waals surface area contributed by atoms with E-state index in [4.69, 9.17) is 4.74 Å². The van der Waals surface area contributed by atoms with Crippen LogP contribution in [0.25, 0.3) is 0 Å². The highest BCUT2D eigenvalue weighted by molar-refractivity contribution is 7.89. The summed E-state index contributed by atoms with van der Waals surface area (Å²) in [6.45, 7) is 3.30. The zero-order valence-electron chi connectivity index (χ0n) is 12.3. The van der Waals surface area contributed by atoms with Crippen molar-refractivity contribution >= 4 is 15.9 Å². The molecule has 0 unspecified atom stereocenters. The highest BCUT2D eigenvalue weighted by atomic mass is 32.2. The van der Waals surface area contributed by atoms with E-state index >= 15 is 0 Å². The molecule has 116 valence electrons. The highest BCUT2D eigenvalue weighted by Gasteiger charge is 2.27. The Kier molecular flexibility index (Phi) is 4.84. The number of amides is 1. The number of hydrogen-bond donors (Lipinski definition) is 0. The number of hydrogen-bond acceptors (Lipinski definition) is 4. The van der Waals surface area contributed by atoms with Gasteiger partial charge in [0.15, 0.2) is 0 Å². The van der Waals surface area contributed by atoms with Gasteiger partial charge in [0.05, 0.1) is 12.0 Å². The van der Waals surface area contributed by atoms with E-state index in [1.165, 1.54) is 18.3 Å². The number of sulfonamides is 1. The first-order chi connectivity index (χ1) is 9.95. The fourth-order valence-corrected chi connectivity index (χ4v) is 3.82. The van der Waals surface area contributed by atoms with Crippen LogP contribution in [0.5, 0.6) is 5.75 Å². The molecule has 0 saturated carbocycles. The zero-order chi connectivity index (χ0) is 15.5. The maximum atomic E-state index is 12.6. The highest BCUT2D eigenvalue weighted by Crippen LogP contribution is 2.20. The lowest BCUT2D eigenvalue weighted by Crippen LogP contribution is -2.36. The lowest BCUT2D eigenvalue weighted by atomic mass is 10.3. The van der Waals surface area contributed by atoms with Crippen molar-refractivity contribution in [2.75, 3.05) is 33.3 Å². The summed E-state index contributed by atoms with van der Waals surface area (Å²) in [7, 11) is -1.98. The summed E-state index contributed by atoms with van der Waals surface area (Å²) in [5.74, 6) is 0.603. The summed E-state index contributed by atoms with van der Waals surface area (Å²) in [5.41, 5.74) is 0. The second-order valence-corrected chi connectivity index (χ2v) is 6.88. The fourth-order valence-electron chi connectivity index (χ4n) is 2.35. The molecule has 0 N–H and O–H groups in total. The van der Waals surface area contributed by atoms with Crippen molar-refractivity contribution in [3.05, 3.63) is 24.3 Å². The Bertz CT molecular complexity index is 598. The van der Waals surface area contributed by atoms with Crippen molar-refractivity contribution in [1.82, 2.24) is 9.21 Å². The van der Waals surface area contributed by atoms with Gasteiger partial charge in [-0.1, -0.05) is 0 Å². The Morgan fingerprint density at radius 2 is 1.76 bits per heavy atom. The van der Waals surface area contributed by atoms with Crippen molar-refractivity contribution in [2.24, 2.45) is 0 Å². The summed E-state index contributed by atoms with van der Waals surface area (Å²) in [5, 5.41) is 0. The van der Waals surface area contributed by atoms with E-state index in [2.05, 4.69) is 0 Å². The molecule has 1 saturated heterocycles. The van der Waals surface area contributed by atoms with Crippen LogP contribution in [0, 0.1) is 0 Å². The Morgan fingerprint density at radius 3 is 2.33 bits per heavy atom. The number of methoxy groups -OCH3 is 1. The predicted molar refractivity (Wildman–Crippen MR) is 78.6 cm³/mol. The SMILES string of the molecule is COc1ccc(S(=O)(=O)N2CCCN(C(C)=O)CC2)cc1. The van der Waals surface area contributed by atoms with Crippen molar-refractivity contribution in [1.29, 1.82) is 0 Å². The number of benzene rings is 1. The van der Waals surface area contributed by atoms with Crippen molar-refractivity contribution in [3.63, 3.8) is 0 Å². The summed E-state index contributed by atoms with van der Waals surface area (Å²) < 4.78 is 31.7. The quantitative estimate of drug-likeness (QED) is 0.833. The molecular formula is C14H20N2O4S. The van der Waals surface area contributed by atoms with Gasteiger partial charge in [0.2, 0.25) is 15.9 Å². The molecule has 1 aliphatic heterocycles. The number of ether oxygens (including phenoxy) is 1. The lowest BCUT2D eigenvalue weighted by Gasteiger charge is -2.21. The van der Waals surface area contributed by atoms with Gasteiger partial charge >= 0.3 is 0 Å². The van der Waals surface area contributed by atoms with Gasteiger partial charge in [-0.25, -0.2) is 8.42 Å². The van der Waals surface area contributed by atoms with E-state index in [1.54, 1.807) is 29.2 Å². The summed E-state index contributed by atoms with van der Waals surface area (Å²) >= 11 is 0. The van der Waals surface area contributed by atoms with E-state index in [0.717, 1.165) is 0 Å². The smallest absolute Gasteiger partial charge is 0.243 e. The molecule has 6 nitrogen and oxygen atoms in total. The van der Waals surface area contributed by atoms with E-state index in [-0.39, 0.29) is 10.8 Å². The monoisotopic (exact) mass is 312 g/mol. The van der Waals surface area contributed by atoms with Gasteiger partial charge in [0, 0.05) is 33.1 Å². The first kappa shape index (κ1) is 15.8. The largest absolute Gasteiger partial charge is 0.497 e. The van der Waals surface area contributed by atoms with Gasteiger partial charge in [0.1, 0.15) is 5.75 Å². The number of nitrogens with zero attached hydrogens (tertiary/aromatic N) is 2. The minimum atomic E-state index is -3.52. The average molecular weight is 312 g/mol. The third kappa shape index (κ3) is 3.54. The first-order valence-corrected chi connectivity index (χ1v) is 8.29. The second-order valence-electron chi connectivity index (χ2n) is 4.94. The molecule has 0 spiro atoms. The standard InChI is InChI=1S/C14H20N2O4S/c1-12(17)15-8-3-9-16(11-10-15)21(18,19)14-6-4-13(20-2)5-7-14/h4-7H,3,8-11H2,1-2H3. The van der Waals surface area contributed by atoms with E-state index in [1.807, 2.05) is 0 Å².